The summed E-state index contributed by atoms with van der Waals surface area (Å²) in [6.45, 7) is 3.03. The average molecular weight is 492 g/mol. The van der Waals surface area contributed by atoms with E-state index in [1.807, 2.05) is 19.1 Å². The van der Waals surface area contributed by atoms with E-state index in [-0.39, 0.29) is 42.3 Å². The summed E-state index contributed by atoms with van der Waals surface area (Å²) < 4.78 is 33.0. The number of benzene rings is 2. The molecule has 0 unspecified atom stereocenters. The van der Waals surface area contributed by atoms with E-state index in [9.17, 15) is 18.0 Å². The van der Waals surface area contributed by atoms with Crippen LogP contribution in [0.4, 0.5) is 11.4 Å². The number of carbonyl (C=O) groups excluding carboxylic acids is 2. The molecule has 2 amide bonds. The lowest BCUT2D eigenvalue weighted by atomic mass is 10.1. The van der Waals surface area contributed by atoms with Gasteiger partial charge in [0.15, 0.2) is 0 Å². The molecule has 2 heterocycles. The lowest BCUT2D eigenvalue weighted by molar-refractivity contribution is -0.122. The summed E-state index contributed by atoms with van der Waals surface area (Å²) >= 11 is 6.17. The van der Waals surface area contributed by atoms with Crippen LogP contribution in [0.5, 0.6) is 0 Å². The maximum Gasteiger partial charge on any atom is 0.240 e. The maximum absolute atomic E-state index is 12.7. The van der Waals surface area contributed by atoms with Crippen molar-refractivity contribution in [3.63, 3.8) is 0 Å². The second-order valence-electron chi connectivity index (χ2n) is 8.34. The molecule has 0 aliphatic carbocycles. The van der Waals surface area contributed by atoms with Crippen LogP contribution in [0.1, 0.15) is 24.8 Å². The summed E-state index contributed by atoms with van der Waals surface area (Å²) in [7, 11) is -3.67. The summed E-state index contributed by atoms with van der Waals surface area (Å²) in [5, 5.41) is 3.34. The molecule has 0 bridgehead atoms. The molecule has 2 fully saturated rings. The fourth-order valence-corrected chi connectivity index (χ4v) is 5.18. The van der Waals surface area contributed by atoms with Crippen LogP contribution in [0.25, 0.3) is 0 Å². The lowest BCUT2D eigenvalue weighted by Crippen LogP contribution is -2.31. The van der Waals surface area contributed by atoms with Crippen molar-refractivity contribution in [3.05, 3.63) is 53.1 Å². The Morgan fingerprint density at radius 1 is 1.21 bits per heavy atom. The number of anilines is 2. The first-order valence-electron chi connectivity index (χ1n) is 10.8. The van der Waals surface area contributed by atoms with Crippen molar-refractivity contribution in [2.75, 3.05) is 29.9 Å². The molecule has 2 N–H and O–H groups in total. The topological polar surface area (TPSA) is 105 Å². The van der Waals surface area contributed by atoms with Gasteiger partial charge in [0.2, 0.25) is 21.8 Å². The highest BCUT2D eigenvalue weighted by atomic mass is 35.5. The van der Waals surface area contributed by atoms with E-state index >= 15 is 0 Å². The van der Waals surface area contributed by atoms with E-state index < -0.39 is 15.9 Å². The van der Waals surface area contributed by atoms with Crippen LogP contribution in [0.15, 0.2) is 47.4 Å². The number of carbonyl (C=O) groups is 2. The molecule has 2 saturated heterocycles. The Morgan fingerprint density at radius 2 is 1.97 bits per heavy atom. The molecule has 33 heavy (non-hydrogen) atoms. The summed E-state index contributed by atoms with van der Waals surface area (Å²) in [5.74, 6) is -0.959. The number of ether oxygens (including phenoxy) is 1. The molecule has 176 valence electrons. The molecule has 4 rings (SSSR count). The number of nitrogens with one attached hydrogen (secondary N) is 2. The molecule has 2 aliphatic heterocycles. The van der Waals surface area contributed by atoms with Crippen molar-refractivity contribution >= 4 is 44.8 Å². The van der Waals surface area contributed by atoms with Gasteiger partial charge in [-0.25, -0.2) is 13.1 Å². The van der Waals surface area contributed by atoms with E-state index in [0.29, 0.717) is 23.0 Å². The summed E-state index contributed by atoms with van der Waals surface area (Å²) in [5.41, 5.74) is 2.03. The van der Waals surface area contributed by atoms with Crippen molar-refractivity contribution in [2.24, 2.45) is 5.92 Å². The van der Waals surface area contributed by atoms with Gasteiger partial charge in [0.25, 0.3) is 0 Å². The first-order chi connectivity index (χ1) is 15.7. The van der Waals surface area contributed by atoms with Crippen LogP contribution < -0.4 is 14.9 Å². The third-order valence-electron chi connectivity index (χ3n) is 5.92. The number of rotatable bonds is 7. The molecule has 0 radical (unpaired) electrons. The van der Waals surface area contributed by atoms with Crippen molar-refractivity contribution in [1.82, 2.24) is 4.72 Å². The van der Waals surface area contributed by atoms with Crippen molar-refractivity contribution in [3.8, 4) is 0 Å². The highest BCUT2D eigenvalue weighted by Gasteiger charge is 2.35. The minimum Gasteiger partial charge on any atom is -0.377 e. The van der Waals surface area contributed by atoms with E-state index in [4.69, 9.17) is 16.3 Å². The number of sulfonamides is 1. The Balaban J connectivity index is 1.35. The minimum absolute atomic E-state index is 0.0942. The highest BCUT2D eigenvalue weighted by Crippen LogP contribution is 2.29. The van der Waals surface area contributed by atoms with Crippen molar-refractivity contribution in [1.29, 1.82) is 0 Å². The molecule has 10 heteroatoms. The highest BCUT2D eigenvalue weighted by molar-refractivity contribution is 7.89. The molecule has 0 saturated carbocycles. The van der Waals surface area contributed by atoms with Crippen LogP contribution in [0, 0.1) is 12.8 Å². The third-order valence-corrected chi connectivity index (χ3v) is 7.77. The Kier molecular flexibility index (Phi) is 7.04. The second-order valence-corrected chi connectivity index (χ2v) is 10.5. The Hall–Kier alpha value is -2.46. The second kappa shape index (κ2) is 9.80. The smallest absolute Gasteiger partial charge is 0.240 e. The molecule has 2 aromatic carbocycles. The molecule has 8 nitrogen and oxygen atoms in total. The SMILES string of the molecule is Cc1ccc(N2C[C@H](C(=O)Nc3ccc(S(=O)(=O)NC[C@H]4CCCO4)cc3)CC2=O)cc1Cl. The first kappa shape index (κ1) is 23.7. The van der Waals surface area contributed by atoms with Crippen LogP contribution in [-0.4, -0.2) is 46.0 Å². The number of aryl methyl sites for hydroxylation is 1. The van der Waals surface area contributed by atoms with Gasteiger partial charge >= 0.3 is 0 Å². The lowest BCUT2D eigenvalue weighted by Gasteiger charge is -2.17. The summed E-state index contributed by atoms with van der Waals surface area (Å²) in [4.78, 5) is 26.9. The van der Waals surface area contributed by atoms with Crippen molar-refractivity contribution < 1.29 is 22.7 Å². The Bertz CT molecular complexity index is 1150. The van der Waals surface area contributed by atoms with Gasteiger partial charge in [-0.2, -0.15) is 0 Å². The predicted octanol–water partition coefficient (Wildman–Crippen LogP) is 3.10. The third kappa shape index (κ3) is 5.55. The van der Waals surface area contributed by atoms with Crippen LogP contribution in [0.2, 0.25) is 5.02 Å². The zero-order valence-corrected chi connectivity index (χ0v) is 19.8. The number of amides is 2. The van der Waals surface area contributed by atoms with Crippen LogP contribution >= 0.6 is 11.6 Å². The van der Waals surface area contributed by atoms with E-state index in [0.717, 1.165) is 18.4 Å². The van der Waals surface area contributed by atoms with E-state index in [1.165, 1.54) is 24.3 Å². The molecule has 2 aliphatic rings. The average Bonchev–Trinajstić information content (AvgIpc) is 3.44. The summed E-state index contributed by atoms with van der Waals surface area (Å²) in [6, 6.07) is 11.3. The number of hydrogen-bond donors (Lipinski definition) is 2. The quantitative estimate of drug-likeness (QED) is 0.619. The van der Waals surface area contributed by atoms with Gasteiger partial charge in [0.05, 0.1) is 16.9 Å². The molecule has 0 aromatic heterocycles. The zero-order chi connectivity index (χ0) is 23.6. The van der Waals surface area contributed by atoms with Gasteiger partial charge in [-0.3, -0.25) is 9.59 Å². The monoisotopic (exact) mass is 491 g/mol. The predicted molar refractivity (Wildman–Crippen MR) is 126 cm³/mol. The summed E-state index contributed by atoms with van der Waals surface area (Å²) in [6.07, 6.45) is 1.77. The molecule has 2 atom stereocenters. The zero-order valence-electron chi connectivity index (χ0n) is 18.2. The van der Waals surface area contributed by atoms with Gasteiger partial charge in [0, 0.05) is 42.5 Å². The van der Waals surface area contributed by atoms with Gasteiger partial charge in [-0.05, 0) is 61.7 Å². The largest absolute Gasteiger partial charge is 0.377 e. The number of nitrogens with zero attached hydrogens (tertiary/aromatic N) is 1. The Morgan fingerprint density at radius 3 is 2.64 bits per heavy atom. The molecule has 0 spiro atoms. The minimum atomic E-state index is -3.67. The van der Waals surface area contributed by atoms with Crippen molar-refractivity contribution in [2.45, 2.75) is 37.2 Å². The first-order valence-corrected chi connectivity index (χ1v) is 12.7. The van der Waals surface area contributed by atoms with Gasteiger partial charge < -0.3 is 15.0 Å². The van der Waals surface area contributed by atoms with Crippen LogP contribution in [-0.2, 0) is 24.3 Å². The normalized spacial score (nSPS) is 20.9. The molecule has 2 aromatic rings. The Labute approximate surface area is 198 Å². The maximum atomic E-state index is 12.7. The van der Waals surface area contributed by atoms with Gasteiger partial charge in [0.1, 0.15) is 0 Å². The van der Waals surface area contributed by atoms with Gasteiger partial charge in [-0.1, -0.05) is 17.7 Å². The molecular weight excluding hydrogens is 466 g/mol. The number of halogens is 1. The fraction of sp³-hybridized carbons (Fsp3) is 0.391. The fourth-order valence-electron chi connectivity index (χ4n) is 3.94. The van der Waals surface area contributed by atoms with Crippen LogP contribution in [0.3, 0.4) is 0 Å². The standard InChI is InChI=1S/C23H26ClN3O5S/c1-15-4-7-18(12-21(15)24)27-14-16(11-22(27)28)23(29)26-17-5-8-20(9-6-17)33(30,31)25-13-19-3-2-10-32-19/h4-9,12,16,19,25H,2-3,10-11,13-14H2,1H3,(H,26,29)/t16-,19-/m1/s1. The number of hydrogen-bond acceptors (Lipinski definition) is 5. The molecular formula is C23H26ClN3O5S. The van der Waals surface area contributed by atoms with Gasteiger partial charge in [-0.15, -0.1) is 0 Å². The van der Waals surface area contributed by atoms with E-state index in [1.54, 1.807) is 11.0 Å². The van der Waals surface area contributed by atoms with E-state index in [2.05, 4.69) is 10.0 Å².